The maximum absolute atomic E-state index is 13.5. The Hall–Kier alpha value is -2.84. The molecule has 362 valence electrons. The van der Waals surface area contributed by atoms with Crippen molar-refractivity contribution in [2.45, 2.75) is 199 Å². The van der Waals surface area contributed by atoms with E-state index in [1.54, 1.807) is 60.7 Å². The molecule has 0 aliphatic carbocycles. The lowest BCUT2D eigenvalue weighted by atomic mass is 9.82. The van der Waals surface area contributed by atoms with Gasteiger partial charge in [-0.1, -0.05) is 45.1 Å². The number of ether oxygens (including phenoxy) is 11. The molecule has 3 heterocycles. The second-order valence-corrected chi connectivity index (χ2v) is 17.2. The lowest BCUT2D eigenvalue weighted by Crippen LogP contribution is -2.66. The molecule has 3 aliphatic heterocycles. The molecule has 1 N–H and O–H groups in total. The highest BCUT2D eigenvalue weighted by Gasteiger charge is 2.53. The zero-order valence-electron chi connectivity index (χ0n) is 39.8. The minimum Gasteiger partial charge on any atom is -0.462 e. The Morgan fingerprint density at radius 2 is 1.65 bits per heavy atom. The second-order valence-electron chi connectivity index (χ2n) is 17.2. The van der Waals surface area contributed by atoms with E-state index >= 15 is 0 Å². The number of carbonyl (C=O) groups is 4. The molecule has 2 saturated heterocycles. The van der Waals surface area contributed by atoms with Gasteiger partial charge in [0.1, 0.15) is 42.4 Å². The predicted octanol–water partition coefficient (Wildman–Crippen LogP) is 4.83. The van der Waals surface area contributed by atoms with Crippen molar-refractivity contribution in [1.82, 2.24) is 4.90 Å². The zero-order chi connectivity index (χ0) is 47.0. The minimum absolute atomic E-state index is 0.0122. The smallest absolute Gasteiger partial charge is 0.309 e. The largest absolute Gasteiger partial charge is 0.462 e. The minimum atomic E-state index is -1.36. The first-order valence-electron chi connectivity index (χ1n) is 22.5. The molecule has 0 bridgehead atoms. The van der Waals surface area contributed by atoms with Gasteiger partial charge >= 0.3 is 17.9 Å². The van der Waals surface area contributed by atoms with Gasteiger partial charge in [0.05, 0.1) is 36.9 Å². The van der Waals surface area contributed by atoms with Gasteiger partial charge in [-0.25, -0.2) is 0 Å². The quantitative estimate of drug-likeness (QED) is 0.0903. The molecule has 63 heavy (non-hydrogen) atoms. The molecule has 0 amide bonds. The van der Waals surface area contributed by atoms with E-state index in [1.807, 2.05) is 52.0 Å². The Morgan fingerprint density at radius 3 is 2.25 bits per heavy atom. The summed E-state index contributed by atoms with van der Waals surface area (Å²) in [6.07, 6.45) is -2.27. The van der Waals surface area contributed by atoms with Crippen molar-refractivity contribution >= 4 is 24.2 Å². The lowest BCUT2D eigenvalue weighted by molar-refractivity contribution is -0.345. The van der Waals surface area contributed by atoms with Crippen LogP contribution in [0.5, 0.6) is 0 Å². The predicted molar refractivity (Wildman–Crippen MR) is 230 cm³/mol. The van der Waals surface area contributed by atoms with E-state index in [2.05, 4.69) is 0 Å². The summed E-state index contributed by atoms with van der Waals surface area (Å²) in [5, 5.41) is 12.3. The number of likely N-dealkylation sites (N-methyl/N-ethyl adjacent to an activating group) is 1. The highest BCUT2D eigenvalue weighted by molar-refractivity contribution is 5.72. The average Bonchev–Trinajstić information content (AvgIpc) is 3.22. The fourth-order valence-corrected chi connectivity index (χ4v) is 8.67. The number of esters is 3. The fraction of sp³-hybridized carbons (Fsp3) is 0.826. The first-order valence-corrected chi connectivity index (χ1v) is 22.5. The first-order chi connectivity index (χ1) is 29.9. The topological polar surface area (TPSA) is 193 Å². The molecule has 3 rings (SSSR count). The van der Waals surface area contributed by atoms with Gasteiger partial charge in [-0.3, -0.25) is 14.4 Å². The highest BCUT2D eigenvalue weighted by Crippen LogP contribution is 2.39. The molecular formula is C46H77NO16. The monoisotopic (exact) mass is 900 g/mol. The van der Waals surface area contributed by atoms with Gasteiger partial charge in [0.25, 0.3) is 0 Å². The van der Waals surface area contributed by atoms with Crippen molar-refractivity contribution in [1.29, 1.82) is 0 Å². The average molecular weight is 900 g/mol. The third kappa shape index (κ3) is 15.6. The van der Waals surface area contributed by atoms with Crippen LogP contribution in [0.3, 0.4) is 0 Å². The number of allylic oxidation sites excluding steroid dienone is 2. The van der Waals surface area contributed by atoms with Crippen LogP contribution in [0.1, 0.15) is 107 Å². The number of nitrogens with zero attached hydrogens (tertiary/aromatic N) is 1. The number of methoxy groups -OCH3 is 2. The van der Waals surface area contributed by atoms with Gasteiger partial charge in [-0.05, 0) is 73.9 Å². The van der Waals surface area contributed by atoms with Crippen molar-refractivity contribution < 1.29 is 76.4 Å². The summed E-state index contributed by atoms with van der Waals surface area (Å²) in [5.41, 5.74) is -0.951. The van der Waals surface area contributed by atoms with Crippen LogP contribution in [0.2, 0.25) is 0 Å². The number of aldehydes is 1. The summed E-state index contributed by atoms with van der Waals surface area (Å²) >= 11 is 0. The Morgan fingerprint density at radius 1 is 0.968 bits per heavy atom. The number of hydrogen-bond acceptors (Lipinski definition) is 17. The molecule has 17 nitrogen and oxygen atoms in total. The standard InChI is InChI=1S/C46H77NO16/c1-14-35(49)60-34-25-37(51)56-28(5)20-18-17-19-21-33(59-31(8)55-16-3)27(4)24-32(22-23-48)42(43(34)53-12)63-45-40(52)39(47(10)11)41(29(6)58-45)62-38-26-46(9,54-13)44(30(7)57-38)61-36(50)15-2/h17-19,21,23,27-34,38-45,52H,14-16,20,22,24-26H2,1-13H3/b18-17+,21-19+/t27-,28-,29-,30+,31?,32+,33+,34-,38+,39-,40-,41-,42+,43+,44+,45+,46-/m1/s1. The summed E-state index contributed by atoms with van der Waals surface area (Å²) in [5.74, 6) is -2.49. The van der Waals surface area contributed by atoms with Crippen molar-refractivity contribution in [2.75, 3.05) is 34.9 Å². The van der Waals surface area contributed by atoms with Crippen LogP contribution < -0.4 is 0 Å². The molecule has 0 saturated carbocycles. The number of aliphatic hydroxyl groups excluding tert-OH is 1. The van der Waals surface area contributed by atoms with Gasteiger partial charge in [0.2, 0.25) is 0 Å². The lowest BCUT2D eigenvalue weighted by Gasteiger charge is -2.51. The third-order valence-corrected chi connectivity index (χ3v) is 12.1. The van der Waals surface area contributed by atoms with Crippen LogP contribution in [0.15, 0.2) is 24.3 Å². The highest BCUT2D eigenvalue weighted by atomic mass is 16.7. The van der Waals surface area contributed by atoms with E-state index in [4.69, 9.17) is 52.1 Å². The van der Waals surface area contributed by atoms with Crippen LogP contribution in [0.4, 0.5) is 0 Å². The summed E-state index contributed by atoms with van der Waals surface area (Å²) in [6, 6.07) is -0.737. The van der Waals surface area contributed by atoms with Gasteiger partial charge in [0.15, 0.2) is 25.0 Å². The summed E-state index contributed by atoms with van der Waals surface area (Å²) in [6.45, 7) is 16.7. The second kappa shape index (κ2) is 26.3. The fourth-order valence-electron chi connectivity index (χ4n) is 8.67. The van der Waals surface area contributed by atoms with Gasteiger partial charge in [-0.15, -0.1) is 0 Å². The normalized spacial score (nSPS) is 38.8. The van der Waals surface area contributed by atoms with Crippen molar-refractivity contribution in [3.8, 4) is 0 Å². The molecule has 0 aromatic rings. The number of cyclic esters (lactones) is 1. The molecule has 17 heteroatoms. The van der Waals surface area contributed by atoms with Gasteiger partial charge in [0, 0.05) is 52.9 Å². The molecule has 0 aromatic carbocycles. The van der Waals surface area contributed by atoms with Crippen molar-refractivity contribution in [2.24, 2.45) is 11.8 Å². The van der Waals surface area contributed by atoms with Gasteiger partial charge < -0.3 is 66.9 Å². The van der Waals surface area contributed by atoms with E-state index in [1.165, 1.54) is 7.11 Å². The number of aliphatic hydroxyl groups is 1. The Kier molecular flexibility index (Phi) is 22.8. The molecule has 0 spiro atoms. The molecule has 0 radical (unpaired) electrons. The molecule has 17 atom stereocenters. The van der Waals surface area contributed by atoms with Crippen LogP contribution in [0.25, 0.3) is 0 Å². The van der Waals surface area contributed by atoms with Crippen LogP contribution in [-0.4, -0.2) is 161 Å². The Labute approximate surface area is 374 Å². The third-order valence-electron chi connectivity index (χ3n) is 12.1. The van der Waals surface area contributed by atoms with E-state index in [-0.39, 0.29) is 44.0 Å². The Balaban J connectivity index is 2.09. The number of carbonyl (C=O) groups excluding carboxylic acids is 4. The van der Waals surface area contributed by atoms with E-state index in [0.29, 0.717) is 19.4 Å². The van der Waals surface area contributed by atoms with Crippen LogP contribution in [-0.2, 0) is 71.3 Å². The summed E-state index contributed by atoms with van der Waals surface area (Å²) in [4.78, 5) is 53.2. The van der Waals surface area contributed by atoms with Gasteiger partial charge in [-0.2, -0.15) is 0 Å². The zero-order valence-corrected chi connectivity index (χ0v) is 39.8. The first kappa shape index (κ1) is 54.5. The van der Waals surface area contributed by atoms with Crippen molar-refractivity contribution in [3.05, 3.63) is 24.3 Å². The van der Waals surface area contributed by atoms with E-state index in [0.717, 1.165) is 6.29 Å². The van der Waals surface area contributed by atoms with E-state index < -0.39 is 109 Å². The van der Waals surface area contributed by atoms with Crippen molar-refractivity contribution in [3.63, 3.8) is 0 Å². The number of hydrogen-bond donors (Lipinski definition) is 1. The van der Waals surface area contributed by atoms with Crippen LogP contribution >= 0.6 is 0 Å². The molecule has 2 fully saturated rings. The number of rotatable bonds is 17. The summed E-state index contributed by atoms with van der Waals surface area (Å²) in [7, 11) is 6.54. The molecule has 1 unspecified atom stereocenters. The molecule has 3 aliphatic rings. The molecule has 0 aromatic heterocycles. The van der Waals surface area contributed by atoms with Crippen LogP contribution in [0, 0.1) is 11.8 Å². The Bertz CT molecular complexity index is 1480. The van der Waals surface area contributed by atoms with E-state index in [9.17, 15) is 24.3 Å². The maximum Gasteiger partial charge on any atom is 0.309 e. The molecular weight excluding hydrogens is 822 g/mol. The maximum atomic E-state index is 13.5. The summed E-state index contributed by atoms with van der Waals surface area (Å²) < 4.78 is 67.8. The SMILES string of the molecule is CCOC(C)O[C@H]1/C=C/C=C/C[C@@H](C)OC(=O)C[C@@H](OC(=O)CC)[C@H](OC)[C@@H](O[C@@H]2O[C@H](C)[C@@H](O[C@H]3C[C@@](C)(OC)[C@@H](OC(=O)CC)[C@H](C)O3)[C@H](N(C)C)[C@H]2O)[C@@H](CC=O)C[C@H]1C.